The molecule has 43 heavy (non-hydrogen) atoms. The van der Waals surface area contributed by atoms with E-state index in [1.807, 2.05) is 91.0 Å². The summed E-state index contributed by atoms with van der Waals surface area (Å²) in [6.45, 7) is 0.252. The molecule has 0 atom stereocenters. The van der Waals surface area contributed by atoms with Gasteiger partial charge in [-0.25, -0.2) is 19.3 Å². The molecule has 0 fully saturated rings. The van der Waals surface area contributed by atoms with Crippen LogP contribution < -0.4 is 10.5 Å². The van der Waals surface area contributed by atoms with Crippen LogP contribution in [-0.4, -0.2) is 19.6 Å². The molecule has 3 heterocycles. The van der Waals surface area contributed by atoms with E-state index in [0.29, 0.717) is 28.9 Å². The largest absolute Gasteiger partial charge is 0.492 e. The third-order valence-electron chi connectivity index (χ3n) is 6.51. The molecule has 0 aliphatic rings. The molecule has 0 aliphatic heterocycles. The number of hydrogen-bond donors (Lipinski definition) is 1. The van der Waals surface area contributed by atoms with Crippen molar-refractivity contribution in [2.75, 3.05) is 0 Å². The molecular formula is C34H27N3O6. The minimum absolute atomic E-state index is 0.00935. The van der Waals surface area contributed by atoms with Gasteiger partial charge in [0.1, 0.15) is 30.6 Å². The fourth-order valence-corrected chi connectivity index (χ4v) is 4.31. The van der Waals surface area contributed by atoms with Crippen molar-refractivity contribution in [3.8, 4) is 11.6 Å². The molecule has 3 aromatic carbocycles. The monoisotopic (exact) mass is 573 g/mol. The third-order valence-corrected chi connectivity index (χ3v) is 6.51. The van der Waals surface area contributed by atoms with E-state index in [9.17, 15) is 9.90 Å². The van der Waals surface area contributed by atoms with Gasteiger partial charge in [0.15, 0.2) is 5.76 Å². The minimum Gasteiger partial charge on any atom is -0.492 e. The molecule has 0 spiro atoms. The second-order valence-electron chi connectivity index (χ2n) is 9.65. The summed E-state index contributed by atoms with van der Waals surface area (Å²) in [7, 11) is 0. The molecule has 0 saturated heterocycles. The standard InChI is InChI=1S/C34H27N3O6/c38-33-30(43-34(39)37(33)20-27-21-41-31(35-27)17-13-24-7-3-1-4-8-24)19-26-11-15-29(16-12-26)40-22-28-23-42-32(36-28)18-14-25-9-5-2-6-10-25/h1-18,21,23,38H,19-20,22H2. The Labute approximate surface area is 246 Å². The van der Waals surface area contributed by atoms with Crippen molar-refractivity contribution < 1.29 is 23.1 Å². The van der Waals surface area contributed by atoms with E-state index < -0.39 is 5.76 Å². The van der Waals surface area contributed by atoms with E-state index in [1.165, 1.54) is 6.26 Å². The fourth-order valence-electron chi connectivity index (χ4n) is 4.31. The van der Waals surface area contributed by atoms with Crippen molar-refractivity contribution >= 4 is 24.3 Å². The second kappa shape index (κ2) is 12.8. The molecule has 0 bridgehead atoms. The summed E-state index contributed by atoms with van der Waals surface area (Å²) in [4.78, 5) is 21.3. The topological polar surface area (TPSA) is 117 Å². The highest BCUT2D eigenvalue weighted by Crippen LogP contribution is 2.23. The number of benzene rings is 3. The van der Waals surface area contributed by atoms with E-state index in [0.717, 1.165) is 21.3 Å². The van der Waals surface area contributed by atoms with E-state index >= 15 is 0 Å². The summed E-state index contributed by atoms with van der Waals surface area (Å²) in [5.74, 6) is 0.751. The lowest BCUT2D eigenvalue weighted by Gasteiger charge is -2.05. The van der Waals surface area contributed by atoms with Crippen molar-refractivity contribution in [3.05, 3.63) is 154 Å². The lowest BCUT2D eigenvalue weighted by Crippen LogP contribution is -2.14. The number of nitrogens with zero attached hydrogens (tertiary/aromatic N) is 3. The number of ether oxygens (including phenoxy) is 1. The first kappa shape index (κ1) is 27.3. The summed E-state index contributed by atoms with van der Waals surface area (Å²) < 4.78 is 23.3. The van der Waals surface area contributed by atoms with E-state index in [4.69, 9.17) is 18.0 Å². The molecule has 214 valence electrons. The van der Waals surface area contributed by atoms with E-state index in [1.54, 1.807) is 24.5 Å². The average Bonchev–Trinajstić information content (AvgIpc) is 3.76. The number of aromatic hydroxyl groups is 1. The van der Waals surface area contributed by atoms with E-state index in [-0.39, 0.29) is 31.2 Å². The van der Waals surface area contributed by atoms with E-state index in [2.05, 4.69) is 9.97 Å². The van der Waals surface area contributed by atoms with Crippen molar-refractivity contribution in [2.45, 2.75) is 19.6 Å². The minimum atomic E-state index is -0.678. The molecule has 0 aliphatic carbocycles. The molecule has 0 radical (unpaired) electrons. The Morgan fingerprint density at radius 1 is 0.744 bits per heavy atom. The van der Waals surface area contributed by atoms with Crippen molar-refractivity contribution in [3.63, 3.8) is 0 Å². The lowest BCUT2D eigenvalue weighted by atomic mass is 10.1. The Kier molecular flexibility index (Phi) is 8.13. The van der Waals surface area contributed by atoms with Gasteiger partial charge in [-0.15, -0.1) is 0 Å². The molecule has 0 unspecified atom stereocenters. The number of aromatic nitrogens is 3. The van der Waals surface area contributed by atoms with Crippen molar-refractivity contribution in [2.24, 2.45) is 0 Å². The van der Waals surface area contributed by atoms with Gasteiger partial charge < -0.3 is 23.1 Å². The van der Waals surface area contributed by atoms with Crippen LogP contribution in [0.4, 0.5) is 0 Å². The Morgan fingerprint density at radius 2 is 1.33 bits per heavy atom. The van der Waals surface area contributed by atoms with Crippen LogP contribution in [0.15, 0.2) is 116 Å². The van der Waals surface area contributed by atoms with Gasteiger partial charge in [0.05, 0.1) is 12.2 Å². The van der Waals surface area contributed by atoms with Crippen LogP contribution in [0.25, 0.3) is 24.3 Å². The van der Waals surface area contributed by atoms with Crippen LogP contribution in [0.2, 0.25) is 0 Å². The molecular weight excluding hydrogens is 546 g/mol. The van der Waals surface area contributed by atoms with Gasteiger partial charge in [0.25, 0.3) is 0 Å². The van der Waals surface area contributed by atoms with Gasteiger partial charge in [-0.3, -0.25) is 0 Å². The van der Waals surface area contributed by atoms with Crippen molar-refractivity contribution in [1.29, 1.82) is 0 Å². The lowest BCUT2D eigenvalue weighted by molar-refractivity contribution is 0.301. The molecule has 3 aromatic heterocycles. The predicted molar refractivity (Wildman–Crippen MR) is 161 cm³/mol. The van der Waals surface area contributed by atoms with Gasteiger partial charge in [-0.2, -0.15) is 0 Å². The maximum atomic E-state index is 12.5. The zero-order valence-corrected chi connectivity index (χ0v) is 23.0. The maximum absolute atomic E-state index is 12.5. The Bertz CT molecular complexity index is 1900. The summed E-state index contributed by atoms with van der Waals surface area (Å²) in [6, 6.07) is 26.9. The summed E-state index contributed by atoms with van der Waals surface area (Å²) >= 11 is 0. The van der Waals surface area contributed by atoms with Crippen LogP contribution in [-0.2, 0) is 19.6 Å². The van der Waals surface area contributed by atoms with Crippen molar-refractivity contribution in [1.82, 2.24) is 14.5 Å². The zero-order valence-electron chi connectivity index (χ0n) is 23.0. The smallest absolute Gasteiger partial charge is 0.422 e. The van der Waals surface area contributed by atoms with Gasteiger partial charge in [0, 0.05) is 18.6 Å². The molecule has 6 aromatic rings. The molecule has 9 nitrogen and oxygen atoms in total. The molecule has 9 heteroatoms. The number of rotatable bonds is 11. The van der Waals surface area contributed by atoms with Gasteiger partial charge in [-0.05, 0) is 41.0 Å². The summed E-state index contributed by atoms with van der Waals surface area (Å²) in [5, 5.41) is 10.7. The Balaban J connectivity index is 1.03. The second-order valence-corrected chi connectivity index (χ2v) is 9.65. The third kappa shape index (κ3) is 7.09. The molecule has 0 amide bonds. The molecule has 6 rings (SSSR count). The zero-order chi connectivity index (χ0) is 29.4. The van der Waals surface area contributed by atoms with Crippen LogP contribution in [0.3, 0.4) is 0 Å². The molecule has 1 N–H and O–H groups in total. The van der Waals surface area contributed by atoms with Gasteiger partial charge in [-0.1, -0.05) is 72.8 Å². The summed E-state index contributed by atoms with van der Waals surface area (Å²) in [5.41, 5.74) is 4.03. The highest BCUT2D eigenvalue weighted by Gasteiger charge is 2.18. The van der Waals surface area contributed by atoms with Gasteiger partial charge in [0.2, 0.25) is 17.7 Å². The number of hydrogen-bond acceptors (Lipinski definition) is 8. The summed E-state index contributed by atoms with van der Waals surface area (Å²) in [6.07, 6.45) is 10.6. The van der Waals surface area contributed by atoms with Crippen LogP contribution in [0.1, 0.15) is 45.6 Å². The predicted octanol–water partition coefficient (Wildman–Crippen LogP) is 6.68. The quantitative estimate of drug-likeness (QED) is 0.182. The SMILES string of the molecule is O=c1oc(Cc2ccc(OCc3coc(C=Cc4ccccc4)n3)cc2)c(O)n1Cc1coc(C=Cc2ccccc2)n1. The van der Waals surface area contributed by atoms with Gasteiger partial charge >= 0.3 is 5.76 Å². The maximum Gasteiger partial charge on any atom is 0.422 e. The van der Waals surface area contributed by atoms with Crippen LogP contribution >= 0.6 is 0 Å². The highest BCUT2D eigenvalue weighted by atomic mass is 16.5. The Morgan fingerprint density at radius 3 is 1.95 bits per heavy atom. The average molecular weight is 574 g/mol. The number of oxazole rings is 3. The first-order valence-corrected chi connectivity index (χ1v) is 13.6. The first-order valence-electron chi connectivity index (χ1n) is 13.6. The first-order chi connectivity index (χ1) is 21.1. The highest BCUT2D eigenvalue weighted by molar-refractivity contribution is 5.66. The van der Waals surface area contributed by atoms with Crippen LogP contribution in [0.5, 0.6) is 11.6 Å². The normalized spacial score (nSPS) is 11.5. The Hall–Kier alpha value is -5.83. The van der Waals surface area contributed by atoms with Crippen LogP contribution in [0, 0.1) is 0 Å². The molecule has 0 saturated carbocycles. The fraction of sp³-hybridized carbons (Fsp3) is 0.0882.